The molecular formula is C15H18ClFN2O2. The molecule has 4 nitrogen and oxygen atoms in total. The third-order valence-corrected chi connectivity index (χ3v) is 3.89. The molecule has 1 aromatic carbocycles. The highest BCUT2D eigenvalue weighted by molar-refractivity contribution is 6.31. The lowest BCUT2D eigenvalue weighted by molar-refractivity contribution is 0.175. The molecule has 0 fully saturated rings. The summed E-state index contributed by atoms with van der Waals surface area (Å²) in [6.45, 7) is 4.43. The Bertz CT molecular complexity index is 643. The van der Waals surface area contributed by atoms with Gasteiger partial charge in [-0.3, -0.25) is 4.68 Å². The quantitative estimate of drug-likeness (QED) is 0.921. The average molecular weight is 313 g/mol. The number of aromatic nitrogens is 2. The molecule has 0 aliphatic heterocycles. The van der Waals surface area contributed by atoms with Crippen LogP contribution in [0.25, 0.3) is 0 Å². The van der Waals surface area contributed by atoms with Gasteiger partial charge in [0.15, 0.2) is 11.6 Å². The molecule has 6 heteroatoms. The molecule has 0 radical (unpaired) electrons. The zero-order chi connectivity index (χ0) is 15.6. The molecule has 1 heterocycles. The summed E-state index contributed by atoms with van der Waals surface area (Å²) < 4.78 is 20.3. The molecule has 1 unspecified atom stereocenters. The van der Waals surface area contributed by atoms with Crippen LogP contribution in [-0.2, 0) is 13.0 Å². The number of aryl methyl sites for hydroxylation is 2. The Balaban J connectivity index is 2.25. The summed E-state index contributed by atoms with van der Waals surface area (Å²) in [6.07, 6.45) is -0.580. The van der Waals surface area contributed by atoms with E-state index in [1.165, 1.54) is 19.2 Å². The van der Waals surface area contributed by atoms with Crippen LogP contribution in [0.15, 0.2) is 18.2 Å². The van der Waals surface area contributed by atoms with Gasteiger partial charge in [-0.05, 0) is 31.5 Å². The molecule has 2 aromatic rings. The number of benzene rings is 1. The molecule has 0 bridgehead atoms. The number of aliphatic hydroxyl groups is 1. The van der Waals surface area contributed by atoms with Crippen LogP contribution >= 0.6 is 11.6 Å². The molecule has 21 heavy (non-hydrogen) atoms. The van der Waals surface area contributed by atoms with Crippen LogP contribution in [0, 0.1) is 12.7 Å². The van der Waals surface area contributed by atoms with Gasteiger partial charge in [-0.2, -0.15) is 5.10 Å². The molecule has 0 saturated heterocycles. The third-order valence-electron chi connectivity index (χ3n) is 3.40. The van der Waals surface area contributed by atoms with Crippen molar-refractivity contribution in [1.82, 2.24) is 9.78 Å². The lowest BCUT2D eigenvalue weighted by Gasteiger charge is -2.13. The van der Waals surface area contributed by atoms with E-state index in [4.69, 9.17) is 16.3 Å². The van der Waals surface area contributed by atoms with Gasteiger partial charge in [0, 0.05) is 13.0 Å². The fourth-order valence-electron chi connectivity index (χ4n) is 2.25. The molecule has 0 saturated carbocycles. The highest BCUT2D eigenvalue weighted by atomic mass is 35.5. The molecule has 0 spiro atoms. The molecule has 114 valence electrons. The van der Waals surface area contributed by atoms with Gasteiger partial charge in [0.05, 0.1) is 29.6 Å². The van der Waals surface area contributed by atoms with Crippen molar-refractivity contribution in [3.05, 3.63) is 46.0 Å². The minimum Gasteiger partial charge on any atom is -0.494 e. The number of ether oxygens (including phenoxy) is 1. The van der Waals surface area contributed by atoms with Crippen LogP contribution in [0.1, 0.15) is 30.0 Å². The van der Waals surface area contributed by atoms with Crippen LogP contribution in [0.5, 0.6) is 5.75 Å². The van der Waals surface area contributed by atoms with Crippen molar-refractivity contribution in [3.63, 3.8) is 0 Å². The fraction of sp³-hybridized carbons (Fsp3) is 0.400. The first kappa shape index (κ1) is 15.8. The number of hydrogen-bond donors (Lipinski definition) is 1. The number of rotatable bonds is 5. The number of nitrogens with zero attached hydrogens (tertiary/aromatic N) is 2. The zero-order valence-corrected chi connectivity index (χ0v) is 13.0. The van der Waals surface area contributed by atoms with E-state index in [0.717, 1.165) is 11.4 Å². The summed E-state index contributed by atoms with van der Waals surface area (Å²) in [6, 6.07) is 4.41. The van der Waals surface area contributed by atoms with Gasteiger partial charge in [-0.15, -0.1) is 0 Å². The van der Waals surface area contributed by atoms with Crippen molar-refractivity contribution in [1.29, 1.82) is 0 Å². The number of halogens is 2. The highest BCUT2D eigenvalue weighted by Gasteiger charge is 2.18. The Labute approximate surface area is 128 Å². The van der Waals surface area contributed by atoms with E-state index in [1.54, 1.807) is 10.7 Å². The maximum absolute atomic E-state index is 13.7. The first-order chi connectivity index (χ1) is 9.97. The lowest BCUT2D eigenvalue weighted by atomic mass is 10.0. The van der Waals surface area contributed by atoms with Crippen molar-refractivity contribution < 1.29 is 14.2 Å². The first-order valence-electron chi connectivity index (χ1n) is 6.71. The highest BCUT2D eigenvalue weighted by Crippen LogP contribution is 2.28. The first-order valence-corrected chi connectivity index (χ1v) is 7.09. The molecule has 1 aromatic heterocycles. The van der Waals surface area contributed by atoms with Crippen molar-refractivity contribution in [2.24, 2.45) is 0 Å². The van der Waals surface area contributed by atoms with Crippen LogP contribution in [0.2, 0.25) is 5.02 Å². The van der Waals surface area contributed by atoms with E-state index in [9.17, 15) is 9.50 Å². The lowest BCUT2D eigenvalue weighted by Crippen LogP contribution is -2.09. The molecule has 1 N–H and O–H groups in total. The average Bonchev–Trinajstić information content (AvgIpc) is 2.74. The van der Waals surface area contributed by atoms with E-state index < -0.39 is 11.9 Å². The zero-order valence-electron chi connectivity index (χ0n) is 12.2. The summed E-state index contributed by atoms with van der Waals surface area (Å²) in [4.78, 5) is 0. The Hall–Kier alpha value is -1.59. The van der Waals surface area contributed by atoms with Gasteiger partial charge in [0.25, 0.3) is 0 Å². The van der Waals surface area contributed by atoms with Gasteiger partial charge in [0.2, 0.25) is 0 Å². The minimum absolute atomic E-state index is 0.151. The van der Waals surface area contributed by atoms with E-state index >= 15 is 0 Å². The SMILES string of the molecule is CCn1nc(C)c(Cl)c1CC(O)c1ccc(OC)c(F)c1. The second-order valence-electron chi connectivity index (χ2n) is 4.78. The predicted octanol–water partition coefficient (Wildman–Crippen LogP) is 3.29. The predicted molar refractivity (Wildman–Crippen MR) is 79.3 cm³/mol. The molecule has 0 amide bonds. The number of aliphatic hydroxyl groups excluding tert-OH is 1. The van der Waals surface area contributed by atoms with Gasteiger partial charge in [-0.25, -0.2) is 4.39 Å². The smallest absolute Gasteiger partial charge is 0.165 e. The van der Waals surface area contributed by atoms with Crippen molar-refractivity contribution in [2.75, 3.05) is 7.11 Å². The standard InChI is InChI=1S/C15H18ClFN2O2/c1-4-19-12(15(16)9(2)18-19)8-13(20)10-5-6-14(21-3)11(17)7-10/h5-7,13,20H,4,8H2,1-3H3. The number of hydrogen-bond acceptors (Lipinski definition) is 3. The third kappa shape index (κ3) is 3.19. The molecule has 2 rings (SSSR count). The van der Waals surface area contributed by atoms with Crippen molar-refractivity contribution >= 4 is 11.6 Å². The summed E-state index contributed by atoms with van der Waals surface area (Å²) in [7, 11) is 1.40. The molecule has 1 atom stereocenters. The monoisotopic (exact) mass is 312 g/mol. The second kappa shape index (κ2) is 6.45. The van der Waals surface area contributed by atoms with Gasteiger partial charge < -0.3 is 9.84 Å². The Morgan fingerprint density at radius 2 is 2.19 bits per heavy atom. The van der Waals surface area contributed by atoms with E-state index in [2.05, 4.69) is 5.10 Å². The Morgan fingerprint density at radius 1 is 1.48 bits per heavy atom. The summed E-state index contributed by atoms with van der Waals surface area (Å²) in [5.41, 5.74) is 1.95. The maximum atomic E-state index is 13.7. The largest absolute Gasteiger partial charge is 0.494 e. The Morgan fingerprint density at radius 3 is 2.76 bits per heavy atom. The van der Waals surface area contributed by atoms with Crippen molar-refractivity contribution in [2.45, 2.75) is 32.9 Å². The maximum Gasteiger partial charge on any atom is 0.165 e. The van der Waals surface area contributed by atoms with Crippen LogP contribution in [0.4, 0.5) is 4.39 Å². The normalized spacial score (nSPS) is 12.5. The second-order valence-corrected chi connectivity index (χ2v) is 5.15. The Kier molecular flexibility index (Phi) is 4.85. The van der Waals surface area contributed by atoms with Crippen LogP contribution < -0.4 is 4.74 Å². The van der Waals surface area contributed by atoms with Gasteiger partial charge in [-0.1, -0.05) is 17.7 Å². The van der Waals surface area contributed by atoms with Gasteiger partial charge >= 0.3 is 0 Å². The van der Waals surface area contributed by atoms with Gasteiger partial charge in [0.1, 0.15) is 0 Å². The van der Waals surface area contributed by atoms with E-state index in [1.807, 2.05) is 13.8 Å². The summed E-state index contributed by atoms with van der Waals surface area (Å²) in [5, 5.41) is 15.2. The van der Waals surface area contributed by atoms with Crippen molar-refractivity contribution in [3.8, 4) is 5.75 Å². The summed E-state index contributed by atoms with van der Waals surface area (Å²) >= 11 is 6.21. The molecule has 0 aliphatic rings. The van der Waals surface area contributed by atoms with Crippen LogP contribution in [0.3, 0.4) is 0 Å². The summed E-state index contributed by atoms with van der Waals surface area (Å²) in [5.74, 6) is -0.348. The topological polar surface area (TPSA) is 47.3 Å². The van der Waals surface area contributed by atoms with E-state index in [0.29, 0.717) is 17.1 Å². The number of methoxy groups -OCH3 is 1. The van der Waals surface area contributed by atoms with E-state index in [-0.39, 0.29) is 12.2 Å². The fourth-order valence-corrected chi connectivity index (χ4v) is 2.47. The molecule has 0 aliphatic carbocycles. The minimum atomic E-state index is -0.857. The molecular weight excluding hydrogens is 295 g/mol. The van der Waals surface area contributed by atoms with Crippen LogP contribution in [-0.4, -0.2) is 22.0 Å².